The summed E-state index contributed by atoms with van der Waals surface area (Å²) in [5.74, 6) is 1.06. The van der Waals surface area contributed by atoms with Crippen molar-refractivity contribution in [3.05, 3.63) is 18.1 Å². The van der Waals surface area contributed by atoms with Crippen LogP contribution in [0.25, 0.3) is 0 Å². The SMILES string of the molecule is Cc1cncc(N2CCC3(CC3)C2)n1. The highest BCUT2D eigenvalue weighted by Crippen LogP contribution is 2.53. The second kappa shape index (κ2) is 2.69. The van der Waals surface area contributed by atoms with E-state index in [0.717, 1.165) is 18.1 Å². The molecule has 2 fully saturated rings. The van der Waals surface area contributed by atoms with Gasteiger partial charge in [0.15, 0.2) is 0 Å². The number of rotatable bonds is 1. The van der Waals surface area contributed by atoms with Crippen LogP contribution in [-0.4, -0.2) is 23.1 Å². The van der Waals surface area contributed by atoms with E-state index in [0.29, 0.717) is 5.41 Å². The maximum absolute atomic E-state index is 4.51. The molecular weight excluding hydrogens is 174 g/mol. The van der Waals surface area contributed by atoms with E-state index in [-0.39, 0.29) is 0 Å². The van der Waals surface area contributed by atoms with E-state index in [4.69, 9.17) is 0 Å². The van der Waals surface area contributed by atoms with Crippen molar-refractivity contribution in [2.75, 3.05) is 18.0 Å². The summed E-state index contributed by atoms with van der Waals surface area (Å²) < 4.78 is 0. The van der Waals surface area contributed by atoms with Gasteiger partial charge in [0.25, 0.3) is 0 Å². The highest BCUT2D eigenvalue weighted by molar-refractivity contribution is 5.39. The number of hydrogen-bond acceptors (Lipinski definition) is 3. The molecule has 1 saturated heterocycles. The lowest BCUT2D eigenvalue weighted by Crippen LogP contribution is -2.21. The molecule has 1 spiro atoms. The van der Waals surface area contributed by atoms with Crippen LogP contribution in [0.4, 0.5) is 5.82 Å². The Morgan fingerprint density at radius 3 is 2.79 bits per heavy atom. The summed E-state index contributed by atoms with van der Waals surface area (Å²) in [6, 6.07) is 0. The van der Waals surface area contributed by atoms with E-state index in [9.17, 15) is 0 Å². The average molecular weight is 189 g/mol. The summed E-state index contributed by atoms with van der Waals surface area (Å²) in [4.78, 5) is 11.1. The molecule has 1 aliphatic carbocycles. The third kappa shape index (κ3) is 1.27. The molecule has 0 N–H and O–H groups in total. The molecule has 1 aliphatic heterocycles. The van der Waals surface area contributed by atoms with Crippen LogP contribution in [0.1, 0.15) is 25.0 Å². The fourth-order valence-electron chi connectivity index (χ4n) is 2.32. The van der Waals surface area contributed by atoms with Crippen LogP contribution in [0, 0.1) is 12.3 Å². The van der Waals surface area contributed by atoms with Crippen LogP contribution in [-0.2, 0) is 0 Å². The van der Waals surface area contributed by atoms with E-state index in [1.54, 1.807) is 0 Å². The third-order valence-electron chi connectivity index (χ3n) is 3.46. The van der Waals surface area contributed by atoms with Crippen molar-refractivity contribution in [2.24, 2.45) is 5.41 Å². The lowest BCUT2D eigenvalue weighted by Gasteiger charge is -2.16. The van der Waals surface area contributed by atoms with Crippen molar-refractivity contribution in [1.82, 2.24) is 9.97 Å². The lowest BCUT2D eigenvalue weighted by atomic mass is 10.1. The minimum absolute atomic E-state index is 0.672. The van der Waals surface area contributed by atoms with Gasteiger partial charge in [-0.05, 0) is 31.6 Å². The highest BCUT2D eigenvalue weighted by atomic mass is 15.2. The first-order valence-corrected chi connectivity index (χ1v) is 5.31. The first-order chi connectivity index (χ1) is 6.77. The summed E-state index contributed by atoms with van der Waals surface area (Å²) in [5.41, 5.74) is 1.69. The van der Waals surface area contributed by atoms with E-state index in [1.165, 1.54) is 25.8 Å². The highest BCUT2D eigenvalue weighted by Gasteiger charge is 2.47. The van der Waals surface area contributed by atoms with Crippen LogP contribution in [0.5, 0.6) is 0 Å². The molecule has 1 saturated carbocycles. The molecular formula is C11H15N3. The van der Waals surface area contributed by atoms with Gasteiger partial charge in [-0.1, -0.05) is 0 Å². The number of anilines is 1. The number of hydrogen-bond donors (Lipinski definition) is 0. The topological polar surface area (TPSA) is 29.0 Å². The summed E-state index contributed by atoms with van der Waals surface area (Å²) in [6.45, 7) is 4.36. The molecule has 3 rings (SSSR count). The smallest absolute Gasteiger partial charge is 0.147 e. The molecule has 0 bridgehead atoms. The van der Waals surface area contributed by atoms with Crippen LogP contribution in [0.2, 0.25) is 0 Å². The van der Waals surface area contributed by atoms with E-state index >= 15 is 0 Å². The molecule has 0 aromatic carbocycles. The van der Waals surface area contributed by atoms with Gasteiger partial charge in [-0.3, -0.25) is 4.98 Å². The second-order valence-corrected chi connectivity index (χ2v) is 4.69. The normalized spacial score (nSPS) is 23.1. The van der Waals surface area contributed by atoms with E-state index in [2.05, 4.69) is 14.9 Å². The van der Waals surface area contributed by atoms with Crippen molar-refractivity contribution in [2.45, 2.75) is 26.2 Å². The molecule has 0 amide bonds. The Hall–Kier alpha value is -1.12. The van der Waals surface area contributed by atoms with Gasteiger partial charge in [0, 0.05) is 19.3 Å². The lowest BCUT2D eigenvalue weighted by molar-refractivity contribution is 0.580. The number of nitrogens with zero attached hydrogens (tertiary/aromatic N) is 3. The zero-order chi connectivity index (χ0) is 9.60. The van der Waals surface area contributed by atoms with E-state index in [1.807, 2.05) is 19.3 Å². The summed E-state index contributed by atoms with van der Waals surface area (Å²) >= 11 is 0. The zero-order valence-corrected chi connectivity index (χ0v) is 8.53. The predicted octanol–water partition coefficient (Wildman–Crippen LogP) is 1.78. The Kier molecular flexibility index (Phi) is 1.58. The van der Waals surface area contributed by atoms with Crippen molar-refractivity contribution in [1.29, 1.82) is 0 Å². The van der Waals surface area contributed by atoms with Gasteiger partial charge in [-0.15, -0.1) is 0 Å². The molecule has 1 aromatic heterocycles. The number of aryl methyl sites for hydroxylation is 1. The Balaban J connectivity index is 1.82. The third-order valence-corrected chi connectivity index (χ3v) is 3.46. The minimum atomic E-state index is 0.672. The van der Waals surface area contributed by atoms with Gasteiger partial charge in [0.1, 0.15) is 5.82 Å². The molecule has 74 valence electrons. The quantitative estimate of drug-likeness (QED) is 0.674. The molecule has 14 heavy (non-hydrogen) atoms. The van der Waals surface area contributed by atoms with Crippen LogP contribution >= 0.6 is 0 Å². The van der Waals surface area contributed by atoms with Crippen molar-refractivity contribution < 1.29 is 0 Å². The molecule has 3 nitrogen and oxygen atoms in total. The first kappa shape index (κ1) is 8.21. The average Bonchev–Trinajstić information content (AvgIpc) is 2.76. The fraction of sp³-hybridized carbons (Fsp3) is 0.636. The Bertz CT molecular complexity index is 357. The van der Waals surface area contributed by atoms with Gasteiger partial charge < -0.3 is 4.90 Å². The molecule has 0 radical (unpaired) electrons. The summed E-state index contributed by atoms with van der Waals surface area (Å²) in [6.07, 6.45) is 7.88. The van der Waals surface area contributed by atoms with Crippen LogP contribution in [0.15, 0.2) is 12.4 Å². The summed E-state index contributed by atoms with van der Waals surface area (Å²) in [5, 5.41) is 0. The van der Waals surface area contributed by atoms with Crippen molar-refractivity contribution in [3.8, 4) is 0 Å². The van der Waals surface area contributed by atoms with Crippen LogP contribution in [0.3, 0.4) is 0 Å². The van der Waals surface area contributed by atoms with Gasteiger partial charge in [-0.25, -0.2) is 4.98 Å². The van der Waals surface area contributed by atoms with Crippen LogP contribution < -0.4 is 4.90 Å². The van der Waals surface area contributed by atoms with Gasteiger partial charge >= 0.3 is 0 Å². The van der Waals surface area contributed by atoms with Gasteiger partial charge in [0.2, 0.25) is 0 Å². The van der Waals surface area contributed by atoms with Gasteiger partial charge in [0.05, 0.1) is 11.9 Å². The molecule has 0 atom stereocenters. The minimum Gasteiger partial charge on any atom is -0.355 e. The standard InChI is InChI=1S/C11H15N3/c1-9-6-12-7-10(13-9)14-5-4-11(8-14)2-3-11/h6-7H,2-5,8H2,1H3. The zero-order valence-electron chi connectivity index (χ0n) is 8.53. The first-order valence-electron chi connectivity index (χ1n) is 5.31. The molecule has 0 unspecified atom stereocenters. The number of aromatic nitrogens is 2. The summed E-state index contributed by atoms with van der Waals surface area (Å²) in [7, 11) is 0. The Morgan fingerprint density at radius 1 is 1.29 bits per heavy atom. The maximum Gasteiger partial charge on any atom is 0.147 e. The Labute approximate surface area is 84.2 Å². The predicted molar refractivity (Wildman–Crippen MR) is 55.3 cm³/mol. The van der Waals surface area contributed by atoms with Gasteiger partial charge in [-0.2, -0.15) is 0 Å². The second-order valence-electron chi connectivity index (χ2n) is 4.69. The largest absolute Gasteiger partial charge is 0.355 e. The molecule has 2 heterocycles. The van der Waals surface area contributed by atoms with Crippen molar-refractivity contribution in [3.63, 3.8) is 0 Å². The fourth-order valence-corrected chi connectivity index (χ4v) is 2.32. The van der Waals surface area contributed by atoms with Crippen molar-refractivity contribution >= 4 is 5.82 Å². The molecule has 2 aliphatic rings. The molecule has 3 heteroatoms. The van der Waals surface area contributed by atoms with E-state index < -0.39 is 0 Å². The molecule has 1 aromatic rings. The Morgan fingerprint density at radius 2 is 2.14 bits per heavy atom. The maximum atomic E-state index is 4.51. The monoisotopic (exact) mass is 189 g/mol.